The van der Waals surface area contributed by atoms with Crippen LogP contribution in [0.15, 0.2) is 48.5 Å². The molecule has 0 atom stereocenters. The number of ketones is 1. The fourth-order valence-corrected chi connectivity index (χ4v) is 2.10. The van der Waals surface area contributed by atoms with E-state index in [0.29, 0.717) is 24.5 Å². The first-order chi connectivity index (χ1) is 10.8. The minimum Gasteiger partial charge on any atom is -0.489 e. The number of para-hydroxylation sites is 2. The Hall–Kier alpha value is -2.89. The molecule has 0 bridgehead atoms. The van der Waals surface area contributed by atoms with Gasteiger partial charge in [0.05, 0.1) is 5.56 Å². The molecule has 3 rings (SSSR count). The molecule has 0 amide bonds. The van der Waals surface area contributed by atoms with Gasteiger partial charge in [-0.15, -0.1) is 5.10 Å². The van der Waals surface area contributed by atoms with Gasteiger partial charge in [-0.05, 0) is 36.4 Å². The molecule has 2 aromatic carbocycles. The van der Waals surface area contributed by atoms with Crippen LogP contribution in [0.5, 0.6) is 5.75 Å². The number of hydrogen-bond acceptors (Lipinski definition) is 5. The number of carbonyl (C=O) groups excluding carboxylic acids is 1. The summed E-state index contributed by atoms with van der Waals surface area (Å²) in [6.07, 6.45) is 0. The number of Topliss-reactive ketones (excluding diaryl/α,β-unsaturated/α-hetero) is 1. The standard InChI is InChI=1S/C16H15N3O3/c1-12(20)13-6-2-5-9-16(13)21-10-11-22-19-15-8-4-3-7-14(15)17-18-19/h2-9H,10-11H2,1H3. The van der Waals surface area contributed by atoms with Crippen molar-refractivity contribution in [2.75, 3.05) is 13.2 Å². The van der Waals surface area contributed by atoms with Gasteiger partial charge in [0.2, 0.25) is 0 Å². The lowest BCUT2D eigenvalue weighted by atomic mass is 10.1. The Morgan fingerprint density at radius 3 is 2.73 bits per heavy atom. The highest BCUT2D eigenvalue weighted by atomic mass is 16.7. The Morgan fingerprint density at radius 1 is 1.09 bits per heavy atom. The van der Waals surface area contributed by atoms with Crippen LogP contribution in [0, 0.1) is 0 Å². The molecule has 112 valence electrons. The summed E-state index contributed by atoms with van der Waals surface area (Å²) in [6.45, 7) is 2.11. The molecule has 22 heavy (non-hydrogen) atoms. The molecule has 0 N–H and O–H groups in total. The molecule has 0 radical (unpaired) electrons. The van der Waals surface area contributed by atoms with E-state index in [1.807, 2.05) is 36.4 Å². The van der Waals surface area contributed by atoms with Gasteiger partial charge in [0, 0.05) is 0 Å². The average molecular weight is 297 g/mol. The van der Waals surface area contributed by atoms with Gasteiger partial charge in [0.1, 0.15) is 23.4 Å². The third-order valence-electron chi connectivity index (χ3n) is 3.14. The van der Waals surface area contributed by atoms with Crippen molar-refractivity contribution in [2.45, 2.75) is 6.92 Å². The summed E-state index contributed by atoms with van der Waals surface area (Å²) in [7, 11) is 0. The van der Waals surface area contributed by atoms with Crippen molar-refractivity contribution in [2.24, 2.45) is 0 Å². The summed E-state index contributed by atoms with van der Waals surface area (Å²) in [4.78, 5) is 18.4. The van der Waals surface area contributed by atoms with Crippen molar-refractivity contribution >= 4 is 16.8 Å². The Bertz CT molecular complexity index is 798. The molecule has 0 aliphatic rings. The zero-order chi connectivity index (χ0) is 15.4. The van der Waals surface area contributed by atoms with Crippen LogP contribution < -0.4 is 9.57 Å². The molecule has 1 aromatic heterocycles. The van der Waals surface area contributed by atoms with Gasteiger partial charge in [0.25, 0.3) is 0 Å². The van der Waals surface area contributed by atoms with E-state index in [4.69, 9.17) is 9.57 Å². The predicted octanol–water partition coefficient (Wildman–Crippen LogP) is 2.14. The van der Waals surface area contributed by atoms with Crippen LogP contribution >= 0.6 is 0 Å². The van der Waals surface area contributed by atoms with Crippen LogP contribution in [0.25, 0.3) is 11.0 Å². The molecular weight excluding hydrogens is 282 g/mol. The minimum atomic E-state index is -0.0289. The molecule has 0 fully saturated rings. The van der Waals surface area contributed by atoms with E-state index in [1.165, 1.54) is 11.8 Å². The predicted molar refractivity (Wildman–Crippen MR) is 80.9 cm³/mol. The molecule has 1 heterocycles. The molecular formula is C16H15N3O3. The highest BCUT2D eigenvalue weighted by Crippen LogP contribution is 2.18. The highest BCUT2D eigenvalue weighted by molar-refractivity contribution is 5.96. The fourth-order valence-electron chi connectivity index (χ4n) is 2.10. The van der Waals surface area contributed by atoms with Crippen molar-refractivity contribution in [3.8, 4) is 5.75 Å². The van der Waals surface area contributed by atoms with Crippen LogP contribution in [0.1, 0.15) is 17.3 Å². The SMILES string of the molecule is CC(=O)c1ccccc1OCCOn1nnc2ccccc21. The van der Waals surface area contributed by atoms with Crippen LogP contribution in [-0.2, 0) is 0 Å². The highest BCUT2D eigenvalue weighted by Gasteiger charge is 2.08. The Morgan fingerprint density at radius 2 is 1.86 bits per heavy atom. The maximum Gasteiger partial charge on any atom is 0.163 e. The Labute approximate surface area is 127 Å². The van der Waals surface area contributed by atoms with Crippen molar-refractivity contribution in [1.29, 1.82) is 0 Å². The van der Waals surface area contributed by atoms with E-state index < -0.39 is 0 Å². The maximum absolute atomic E-state index is 11.5. The van der Waals surface area contributed by atoms with Crippen molar-refractivity contribution in [3.63, 3.8) is 0 Å². The molecule has 0 unspecified atom stereocenters. The van der Waals surface area contributed by atoms with Crippen LogP contribution in [0.3, 0.4) is 0 Å². The van der Waals surface area contributed by atoms with Gasteiger partial charge in [-0.2, -0.15) is 0 Å². The lowest BCUT2D eigenvalue weighted by molar-refractivity contribution is 0.0636. The van der Waals surface area contributed by atoms with Crippen molar-refractivity contribution < 1.29 is 14.4 Å². The monoisotopic (exact) mass is 297 g/mol. The van der Waals surface area contributed by atoms with E-state index in [9.17, 15) is 4.79 Å². The summed E-state index contributed by atoms with van der Waals surface area (Å²) in [5.41, 5.74) is 2.13. The topological polar surface area (TPSA) is 66.2 Å². The molecule has 0 saturated carbocycles. The second kappa shape index (κ2) is 6.26. The number of aromatic nitrogens is 3. The first-order valence-electron chi connectivity index (χ1n) is 6.92. The number of hydrogen-bond donors (Lipinski definition) is 0. The molecule has 3 aromatic rings. The minimum absolute atomic E-state index is 0.0289. The summed E-state index contributed by atoms with van der Waals surface area (Å²) in [6, 6.07) is 14.7. The van der Waals surface area contributed by atoms with E-state index in [0.717, 1.165) is 11.0 Å². The number of nitrogens with zero attached hydrogens (tertiary/aromatic N) is 3. The largest absolute Gasteiger partial charge is 0.489 e. The van der Waals surface area contributed by atoms with E-state index in [1.54, 1.807) is 12.1 Å². The average Bonchev–Trinajstić information content (AvgIpc) is 2.95. The van der Waals surface area contributed by atoms with E-state index in [2.05, 4.69) is 10.3 Å². The van der Waals surface area contributed by atoms with E-state index >= 15 is 0 Å². The Kier molecular flexibility index (Phi) is 4.00. The molecule has 6 heteroatoms. The Balaban J connectivity index is 1.59. The van der Waals surface area contributed by atoms with Gasteiger partial charge in [0.15, 0.2) is 12.4 Å². The van der Waals surface area contributed by atoms with Gasteiger partial charge in [-0.3, -0.25) is 4.79 Å². The van der Waals surface area contributed by atoms with Gasteiger partial charge < -0.3 is 9.57 Å². The lowest BCUT2D eigenvalue weighted by Crippen LogP contribution is -2.19. The zero-order valence-corrected chi connectivity index (χ0v) is 12.1. The third-order valence-corrected chi connectivity index (χ3v) is 3.14. The number of carbonyl (C=O) groups is 1. The number of ether oxygens (including phenoxy) is 1. The first-order valence-corrected chi connectivity index (χ1v) is 6.92. The molecule has 0 aliphatic carbocycles. The second-order valence-corrected chi connectivity index (χ2v) is 4.69. The third kappa shape index (κ3) is 2.90. The van der Waals surface area contributed by atoms with Crippen molar-refractivity contribution in [3.05, 3.63) is 54.1 Å². The normalized spacial score (nSPS) is 10.6. The summed E-state index contributed by atoms with van der Waals surface area (Å²) in [5.74, 6) is 0.529. The number of benzene rings is 2. The smallest absolute Gasteiger partial charge is 0.163 e. The summed E-state index contributed by atoms with van der Waals surface area (Å²) in [5, 5.41) is 7.92. The molecule has 0 saturated heterocycles. The molecule has 0 spiro atoms. The van der Waals surface area contributed by atoms with Gasteiger partial charge in [-0.25, -0.2) is 0 Å². The maximum atomic E-state index is 11.5. The zero-order valence-electron chi connectivity index (χ0n) is 12.1. The first kappa shape index (κ1) is 14.1. The number of fused-ring (bicyclic) bond motifs is 1. The second-order valence-electron chi connectivity index (χ2n) is 4.69. The lowest BCUT2D eigenvalue weighted by Gasteiger charge is -2.10. The number of rotatable bonds is 6. The summed E-state index contributed by atoms with van der Waals surface area (Å²) >= 11 is 0. The van der Waals surface area contributed by atoms with Gasteiger partial charge >= 0.3 is 0 Å². The molecule has 0 aliphatic heterocycles. The van der Waals surface area contributed by atoms with Crippen molar-refractivity contribution in [1.82, 2.24) is 15.2 Å². The quantitative estimate of drug-likeness (QED) is 0.515. The van der Waals surface area contributed by atoms with Crippen LogP contribution in [0.4, 0.5) is 0 Å². The summed E-state index contributed by atoms with van der Waals surface area (Å²) < 4.78 is 5.60. The molecule has 6 nitrogen and oxygen atoms in total. The van der Waals surface area contributed by atoms with Crippen LogP contribution in [-0.4, -0.2) is 34.2 Å². The van der Waals surface area contributed by atoms with Crippen LogP contribution in [0.2, 0.25) is 0 Å². The fraction of sp³-hybridized carbons (Fsp3) is 0.188. The van der Waals surface area contributed by atoms with Gasteiger partial charge in [-0.1, -0.05) is 29.1 Å². The van der Waals surface area contributed by atoms with E-state index in [-0.39, 0.29) is 5.78 Å².